The van der Waals surface area contributed by atoms with E-state index in [1.165, 1.54) is 51.4 Å². The van der Waals surface area contributed by atoms with Crippen molar-refractivity contribution in [1.82, 2.24) is 5.32 Å². The number of quaternary nitrogens is 1. The number of unbranched alkanes of at least 4 members (excludes halogenated alkanes) is 17. The SMILES string of the molecule is CC\C=C/C=C/C=C/C=C\C=C\C=C\CCCCCC(=O)NC(COP(=O)(O)OCC[N+](C)(C)C)C(/C=C/CCCCCCCCCCCC)OC(=O)CCCCCC/C=C/C/C=C/C/C=C/CC. The molecule has 0 heterocycles. The Bertz CT molecular complexity index is 1600. The van der Waals surface area contributed by atoms with Gasteiger partial charge in [-0.15, -0.1) is 0 Å². The fourth-order valence-electron chi connectivity index (χ4n) is 6.92. The number of ether oxygens (including phenoxy) is 1. The minimum atomic E-state index is -4.47. The van der Waals surface area contributed by atoms with Gasteiger partial charge in [0.05, 0.1) is 33.8 Å². The average molecular weight is 980 g/mol. The molecular formula is C59H100N2O7P+. The van der Waals surface area contributed by atoms with E-state index < -0.39 is 20.0 Å². The Balaban J connectivity index is 5.55. The number of nitrogens with one attached hydrogen (secondary N) is 1. The van der Waals surface area contributed by atoms with Crippen LogP contribution in [0, 0.1) is 0 Å². The molecule has 0 spiro atoms. The molecule has 9 nitrogen and oxygen atoms in total. The Hall–Kier alpha value is -3.59. The molecule has 0 saturated heterocycles. The van der Waals surface area contributed by atoms with Crippen LogP contribution < -0.4 is 5.32 Å². The second-order valence-electron chi connectivity index (χ2n) is 18.8. The second-order valence-corrected chi connectivity index (χ2v) is 20.2. The zero-order valence-electron chi connectivity index (χ0n) is 44.5. The first-order chi connectivity index (χ1) is 33.4. The number of rotatable bonds is 46. The number of amides is 1. The molecule has 0 rings (SSSR count). The summed E-state index contributed by atoms with van der Waals surface area (Å²) in [6.45, 7) is 6.66. The predicted octanol–water partition coefficient (Wildman–Crippen LogP) is 16.0. The third-order valence-electron chi connectivity index (χ3n) is 11.1. The number of carbonyl (C=O) groups is 2. The predicted molar refractivity (Wildman–Crippen MR) is 295 cm³/mol. The Morgan fingerprint density at radius 2 is 1.00 bits per heavy atom. The summed E-state index contributed by atoms with van der Waals surface area (Å²) in [6, 6.07) is -0.888. The molecule has 0 radical (unpaired) electrons. The summed E-state index contributed by atoms with van der Waals surface area (Å²) < 4.78 is 30.5. The molecule has 0 aromatic heterocycles. The maximum atomic E-state index is 13.5. The second kappa shape index (κ2) is 48.1. The monoisotopic (exact) mass is 980 g/mol. The van der Waals surface area contributed by atoms with Crippen molar-refractivity contribution in [2.75, 3.05) is 40.9 Å². The van der Waals surface area contributed by atoms with Crippen LogP contribution in [0.3, 0.4) is 0 Å². The number of allylic oxidation sites excluding steroid dienone is 19. The smallest absolute Gasteiger partial charge is 0.456 e. The summed E-state index contributed by atoms with van der Waals surface area (Å²) in [5, 5.41) is 3.01. The first-order valence-corrected chi connectivity index (χ1v) is 28.4. The quantitative estimate of drug-likeness (QED) is 0.0156. The third kappa shape index (κ3) is 49.2. The molecular weight excluding hydrogens is 880 g/mol. The van der Waals surface area contributed by atoms with Crippen LogP contribution in [0.5, 0.6) is 0 Å². The van der Waals surface area contributed by atoms with Gasteiger partial charge in [0.2, 0.25) is 5.91 Å². The summed E-state index contributed by atoms with van der Waals surface area (Å²) >= 11 is 0. The van der Waals surface area contributed by atoms with Gasteiger partial charge in [0.1, 0.15) is 19.3 Å². The highest BCUT2D eigenvalue weighted by Crippen LogP contribution is 2.43. The summed E-state index contributed by atoms with van der Waals surface area (Å²) in [5.74, 6) is -0.596. The molecule has 69 heavy (non-hydrogen) atoms. The Morgan fingerprint density at radius 1 is 0.536 bits per heavy atom. The number of hydrogen-bond acceptors (Lipinski definition) is 6. The molecule has 0 fully saturated rings. The van der Waals surface area contributed by atoms with Crippen LogP contribution in [0.2, 0.25) is 0 Å². The van der Waals surface area contributed by atoms with Crippen molar-refractivity contribution < 1.29 is 37.3 Å². The molecule has 3 unspecified atom stereocenters. The highest BCUT2D eigenvalue weighted by molar-refractivity contribution is 7.47. The topological polar surface area (TPSA) is 111 Å². The molecule has 0 saturated carbocycles. The molecule has 0 aromatic rings. The molecule has 1 amide bonds. The van der Waals surface area contributed by atoms with Gasteiger partial charge in [-0.2, -0.15) is 0 Å². The number of phosphoric ester groups is 1. The number of hydrogen-bond donors (Lipinski definition) is 2. The van der Waals surface area contributed by atoms with Crippen molar-refractivity contribution in [2.45, 2.75) is 200 Å². The largest absolute Gasteiger partial charge is 0.472 e. The Morgan fingerprint density at radius 3 is 1.58 bits per heavy atom. The molecule has 392 valence electrons. The lowest BCUT2D eigenvalue weighted by Crippen LogP contribution is -2.47. The van der Waals surface area contributed by atoms with Crippen molar-refractivity contribution in [3.05, 3.63) is 122 Å². The minimum absolute atomic E-state index is 0.0199. The van der Waals surface area contributed by atoms with E-state index in [0.717, 1.165) is 89.9 Å². The standard InChI is InChI=1S/C59H99N2O7P/c1-7-10-13-16-19-22-25-28-30-31-32-33-36-39-42-45-48-51-58(62)60-56(55-67-69(64,65)66-54-53-61(4,5)6)57(50-47-44-41-38-35-27-24-21-18-15-12-9-3)68-59(63)52-49-46-43-40-37-34-29-26-23-20-17-14-11-8-2/h10-11,13-14,16,19-20,22-23,25,28-34,36,47,50,56-57H,7-9,12,15,17-18,21,24,26-27,35,37-46,48-49,51-55H2,1-6H3,(H-,60,62,64,65)/p+1/b13-10-,14-11+,19-16+,23-20+,25-22+,30-28-,32-31+,34-29+,36-33+,50-47+. The van der Waals surface area contributed by atoms with Crippen molar-refractivity contribution in [3.8, 4) is 0 Å². The molecule has 3 atom stereocenters. The van der Waals surface area contributed by atoms with Crippen LogP contribution >= 0.6 is 7.82 Å². The van der Waals surface area contributed by atoms with E-state index in [0.29, 0.717) is 23.9 Å². The van der Waals surface area contributed by atoms with Crippen molar-refractivity contribution >= 4 is 19.7 Å². The number of carbonyl (C=O) groups excluding carboxylic acids is 2. The van der Waals surface area contributed by atoms with Crippen LogP contribution in [-0.4, -0.2) is 74.3 Å². The van der Waals surface area contributed by atoms with Crippen molar-refractivity contribution in [3.63, 3.8) is 0 Å². The van der Waals surface area contributed by atoms with Gasteiger partial charge >= 0.3 is 13.8 Å². The van der Waals surface area contributed by atoms with Gasteiger partial charge < -0.3 is 19.4 Å². The van der Waals surface area contributed by atoms with Gasteiger partial charge in [-0.25, -0.2) is 4.57 Å². The van der Waals surface area contributed by atoms with Crippen LogP contribution in [0.4, 0.5) is 0 Å². The fraction of sp³-hybridized carbons (Fsp3) is 0.627. The first kappa shape index (κ1) is 65.4. The van der Waals surface area contributed by atoms with Gasteiger partial charge in [-0.3, -0.25) is 18.6 Å². The van der Waals surface area contributed by atoms with Crippen LogP contribution in [0.15, 0.2) is 122 Å². The third-order valence-corrected chi connectivity index (χ3v) is 12.0. The van der Waals surface area contributed by atoms with E-state index in [1.807, 2.05) is 94.1 Å². The summed E-state index contributed by atoms with van der Waals surface area (Å²) in [7, 11) is 1.43. The van der Waals surface area contributed by atoms with E-state index in [9.17, 15) is 19.0 Å². The Kier molecular flexibility index (Phi) is 45.6. The van der Waals surface area contributed by atoms with E-state index in [-0.39, 0.29) is 37.9 Å². The molecule has 10 heteroatoms. The number of likely N-dealkylation sites (N-methyl/N-ethyl adjacent to an activating group) is 1. The molecule has 0 aliphatic rings. The molecule has 0 aliphatic carbocycles. The van der Waals surface area contributed by atoms with Crippen LogP contribution in [-0.2, 0) is 27.9 Å². The fourth-order valence-corrected chi connectivity index (χ4v) is 7.66. The Labute approximate surface area is 423 Å². The number of phosphoric acid groups is 1. The lowest BCUT2D eigenvalue weighted by Gasteiger charge is -2.27. The normalized spacial score (nSPS) is 14.8. The van der Waals surface area contributed by atoms with Crippen molar-refractivity contribution in [1.29, 1.82) is 0 Å². The van der Waals surface area contributed by atoms with Gasteiger partial charge in [-0.1, -0.05) is 213 Å². The summed E-state index contributed by atoms with van der Waals surface area (Å²) in [6.07, 6.45) is 66.2. The van der Waals surface area contributed by atoms with Gasteiger partial charge in [0.15, 0.2) is 0 Å². The lowest BCUT2D eigenvalue weighted by atomic mass is 10.1. The van der Waals surface area contributed by atoms with Crippen LogP contribution in [0.25, 0.3) is 0 Å². The zero-order valence-corrected chi connectivity index (χ0v) is 45.4. The van der Waals surface area contributed by atoms with Gasteiger partial charge in [-0.05, 0) is 83.1 Å². The number of esters is 1. The molecule has 0 bridgehead atoms. The van der Waals surface area contributed by atoms with E-state index in [1.54, 1.807) is 0 Å². The van der Waals surface area contributed by atoms with Gasteiger partial charge in [0, 0.05) is 12.8 Å². The van der Waals surface area contributed by atoms with E-state index >= 15 is 0 Å². The molecule has 0 aliphatic heterocycles. The average Bonchev–Trinajstić information content (AvgIpc) is 3.31. The highest BCUT2D eigenvalue weighted by atomic mass is 31.2. The van der Waals surface area contributed by atoms with Gasteiger partial charge in [0.25, 0.3) is 0 Å². The number of nitrogens with zero attached hydrogens (tertiary/aromatic N) is 1. The first-order valence-electron chi connectivity index (χ1n) is 26.9. The summed E-state index contributed by atoms with van der Waals surface area (Å²) in [4.78, 5) is 37.5. The molecule has 0 aromatic carbocycles. The minimum Gasteiger partial charge on any atom is -0.456 e. The van der Waals surface area contributed by atoms with E-state index in [2.05, 4.69) is 74.7 Å². The highest BCUT2D eigenvalue weighted by Gasteiger charge is 2.30. The molecule has 2 N–H and O–H groups in total. The maximum absolute atomic E-state index is 13.5. The van der Waals surface area contributed by atoms with E-state index in [4.69, 9.17) is 13.8 Å². The lowest BCUT2D eigenvalue weighted by molar-refractivity contribution is -0.870. The van der Waals surface area contributed by atoms with Crippen molar-refractivity contribution in [2.24, 2.45) is 0 Å². The zero-order chi connectivity index (χ0) is 50.8. The summed E-state index contributed by atoms with van der Waals surface area (Å²) in [5.41, 5.74) is 0. The van der Waals surface area contributed by atoms with Crippen LogP contribution in [0.1, 0.15) is 188 Å². The maximum Gasteiger partial charge on any atom is 0.472 e.